The molecular weight excluding hydrogens is 278 g/mol. The van der Waals surface area contributed by atoms with Crippen LogP contribution in [0.25, 0.3) is 0 Å². The Balaban J connectivity index is 2.35. The third-order valence-corrected chi connectivity index (χ3v) is 3.16. The van der Waals surface area contributed by atoms with Crippen LogP contribution in [0.2, 0.25) is 0 Å². The Bertz CT molecular complexity index is 516. The van der Waals surface area contributed by atoms with Gasteiger partial charge in [-0.15, -0.1) is 0 Å². The molecule has 1 aliphatic heterocycles. The van der Waals surface area contributed by atoms with Crippen molar-refractivity contribution in [2.45, 2.75) is 19.1 Å². The van der Waals surface area contributed by atoms with Gasteiger partial charge >= 0.3 is 6.18 Å². The predicted molar refractivity (Wildman–Crippen MR) is 62.7 cm³/mol. The largest absolute Gasteiger partial charge is 0.419 e. The van der Waals surface area contributed by atoms with E-state index in [9.17, 15) is 22.4 Å². The van der Waals surface area contributed by atoms with Crippen LogP contribution in [0.1, 0.15) is 22.8 Å². The molecule has 1 heterocycles. The van der Waals surface area contributed by atoms with E-state index in [1.165, 1.54) is 4.90 Å². The maximum Gasteiger partial charge on any atom is 0.419 e. The minimum absolute atomic E-state index is 0.232. The van der Waals surface area contributed by atoms with Crippen LogP contribution in [0.15, 0.2) is 18.2 Å². The highest BCUT2D eigenvalue weighted by molar-refractivity contribution is 5.95. The number of nitrogens with zero attached hydrogens (tertiary/aromatic N) is 1. The van der Waals surface area contributed by atoms with Crippen LogP contribution in [0.5, 0.6) is 0 Å². The molecule has 0 aromatic heterocycles. The van der Waals surface area contributed by atoms with Gasteiger partial charge in [0.25, 0.3) is 5.91 Å². The molecule has 2 rings (SSSR count). The van der Waals surface area contributed by atoms with Gasteiger partial charge < -0.3 is 9.64 Å². The van der Waals surface area contributed by atoms with E-state index < -0.39 is 29.0 Å². The maximum atomic E-state index is 13.9. The average molecular weight is 291 g/mol. The molecule has 20 heavy (non-hydrogen) atoms. The Hall–Kier alpha value is -1.63. The van der Waals surface area contributed by atoms with Crippen molar-refractivity contribution in [1.82, 2.24) is 4.90 Å². The van der Waals surface area contributed by atoms with Gasteiger partial charge in [-0.25, -0.2) is 4.39 Å². The zero-order valence-corrected chi connectivity index (χ0v) is 10.7. The number of benzene rings is 1. The van der Waals surface area contributed by atoms with Crippen molar-refractivity contribution >= 4 is 5.91 Å². The van der Waals surface area contributed by atoms with Gasteiger partial charge in [0.2, 0.25) is 0 Å². The lowest BCUT2D eigenvalue weighted by Gasteiger charge is -2.33. The van der Waals surface area contributed by atoms with E-state index >= 15 is 0 Å². The lowest BCUT2D eigenvalue weighted by Crippen LogP contribution is -2.47. The number of hydrogen-bond acceptors (Lipinski definition) is 2. The predicted octanol–water partition coefficient (Wildman–Crippen LogP) is 2.71. The number of hydrogen-bond donors (Lipinski definition) is 0. The van der Waals surface area contributed by atoms with Crippen molar-refractivity contribution in [3.05, 3.63) is 35.1 Å². The van der Waals surface area contributed by atoms with Gasteiger partial charge in [-0.3, -0.25) is 4.79 Å². The topological polar surface area (TPSA) is 29.5 Å². The molecule has 0 bridgehead atoms. The molecule has 0 N–H and O–H groups in total. The molecule has 1 amide bonds. The number of halogens is 4. The van der Waals surface area contributed by atoms with Crippen molar-refractivity contribution in [1.29, 1.82) is 0 Å². The fourth-order valence-electron chi connectivity index (χ4n) is 2.10. The fourth-order valence-corrected chi connectivity index (χ4v) is 2.10. The third kappa shape index (κ3) is 2.77. The zero-order valence-electron chi connectivity index (χ0n) is 10.7. The van der Waals surface area contributed by atoms with Gasteiger partial charge in [0.05, 0.1) is 30.4 Å². The first-order valence-electron chi connectivity index (χ1n) is 6.07. The maximum absolute atomic E-state index is 13.9. The molecule has 1 aromatic carbocycles. The number of carbonyl (C=O) groups is 1. The van der Waals surface area contributed by atoms with E-state index in [2.05, 4.69) is 0 Å². The fraction of sp³-hybridized carbons (Fsp3) is 0.462. The molecule has 7 heteroatoms. The minimum Gasteiger partial charge on any atom is -0.377 e. The second-order valence-corrected chi connectivity index (χ2v) is 4.59. The normalized spacial score (nSPS) is 20.1. The number of alkyl halides is 3. The molecule has 0 unspecified atom stereocenters. The summed E-state index contributed by atoms with van der Waals surface area (Å²) in [5.74, 6) is -2.27. The van der Waals surface area contributed by atoms with Gasteiger partial charge in [-0.1, -0.05) is 6.07 Å². The highest BCUT2D eigenvalue weighted by atomic mass is 19.4. The van der Waals surface area contributed by atoms with Crippen molar-refractivity contribution in [3.63, 3.8) is 0 Å². The lowest BCUT2D eigenvalue weighted by atomic mass is 10.1. The van der Waals surface area contributed by atoms with Crippen LogP contribution in [-0.4, -0.2) is 36.6 Å². The van der Waals surface area contributed by atoms with E-state index in [4.69, 9.17) is 4.74 Å². The number of carbonyl (C=O) groups excluding carboxylic acids is 1. The first-order valence-corrected chi connectivity index (χ1v) is 6.07. The average Bonchev–Trinajstić information content (AvgIpc) is 2.37. The van der Waals surface area contributed by atoms with E-state index in [-0.39, 0.29) is 25.8 Å². The van der Waals surface area contributed by atoms with E-state index in [1.54, 1.807) is 6.92 Å². The number of morpholine rings is 1. The monoisotopic (exact) mass is 291 g/mol. The molecule has 1 atom stereocenters. The Labute approximate surface area is 113 Å². The minimum atomic E-state index is -4.82. The quantitative estimate of drug-likeness (QED) is 0.745. The van der Waals surface area contributed by atoms with Gasteiger partial charge in [0.1, 0.15) is 5.82 Å². The molecule has 3 nitrogen and oxygen atoms in total. The molecule has 0 spiro atoms. The summed E-state index contributed by atoms with van der Waals surface area (Å²) in [4.78, 5) is 13.5. The van der Waals surface area contributed by atoms with E-state index in [1.807, 2.05) is 0 Å². The summed E-state index contributed by atoms with van der Waals surface area (Å²) in [6, 6.07) is 2.42. The molecule has 0 saturated carbocycles. The second-order valence-electron chi connectivity index (χ2n) is 4.59. The first kappa shape index (κ1) is 14.8. The van der Waals surface area contributed by atoms with Crippen LogP contribution in [0.3, 0.4) is 0 Å². The Kier molecular flexibility index (Phi) is 3.99. The first-order chi connectivity index (χ1) is 9.32. The Morgan fingerprint density at radius 1 is 1.40 bits per heavy atom. The van der Waals surface area contributed by atoms with Crippen molar-refractivity contribution in [2.24, 2.45) is 0 Å². The Morgan fingerprint density at radius 3 is 2.70 bits per heavy atom. The standard InChI is InChI=1S/C13H13F4NO2/c1-8-7-20-6-5-18(8)12(19)9-3-2-4-10(11(9)14)13(15,16)17/h2-4,8H,5-7H2,1H3/t8-/m1/s1. The Morgan fingerprint density at radius 2 is 2.10 bits per heavy atom. The highest BCUT2D eigenvalue weighted by Gasteiger charge is 2.37. The van der Waals surface area contributed by atoms with E-state index in [0.717, 1.165) is 12.1 Å². The molecular formula is C13H13F4NO2. The second kappa shape index (κ2) is 5.40. The zero-order chi connectivity index (χ0) is 14.9. The summed E-state index contributed by atoms with van der Waals surface area (Å²) in [6.45, 7) is 2.50. The number of rotatable bonds is 1. The molecule has 0 radical (unpaired) electrons. The van der Waals surface area contributed by atoms with Crippen LogP contribution < -0.4 is 0 Å². The van der Waals surface area contributed by atoms with Crippen LogP contribution in [0.4, 0.5) is 17.6 Å². The molecule has 1 aliphatic rings. The van der Waals surface area contributed by atoms with Crippen LogP contribution >= 0.6 is 0 Å². The number of ether oxygens (including phenoxy) is 1. The van der Waals surface area contributed by atoms with Crippen molar-refractivity contribution < 1.29 is 27.1 Å². The van der Waals surface area contributed by atoms with Gasteiger partial charge in [0, 0.05) is 6.54 Å². The SMILES string of the molecule is C[C@@H]1COCCN1C(=O)c1cccc(C(F)(F)F)c1F. The molecule has 0 aliphatic carbocycles. The molecule has 1 aromatic rings. The number of amides is 1. The third-order valence-electron chi connectivity index (χ3n) is 3.16. The summed E-state index contributed by atoms with van der Waals surface area (Å²) in [5, 5.41) is 0. The van der Waals surface area contributed by atoms with Gasteiger partial charge in [0.15, 0.2) is 0 Å². The summed E-state index contributed by atoms with van der Waals surface area (Å²) in [7, 11) is 0. The summed E-state index contributed by atoms with van der Waals surface area (Å²) >= 11 is 0. The summed E-state index contributed by atoms with van der Waals surface area (Å²) < 4.78 is 56.9. The molecule has 1 fully saturated rings. The molecule has 110 valence electrons. The highest BCUT2D eigenvalue weighted by Crippen LogP contribution is 2.32. The summed E-state index contributed by atoms with van der Waals surface area (Å²) in [6.07, 6.45) is -4.82. The van der Waals surface area contributed by atoms with Crippen LogP contribution in [-0.2, 0) is 10.9 Å². The summed E-state index contributed by atoms with van der Waals surface area (Å²) in [5.41, 5.74) is -1.99. The molecule has 1 saturated heterocycles. The van der Waals surface area contributed by atoms with Gasteiger partial charge in [-0.2, -0.15) is 13.2 Å². The smallest absolute Gasteiger partial charge is 0.377 e. The van der Waals surface area contributed by atoms with Crippen molar-refractivity contribution in [2.75, 3.05) is 19.8 Å². The lowest BCUT2D eigenvalue weighted by molar-refractivity contribution is -0.140. The van der Waals surface area contributed by atoms with Gasteiger partial charge in [-0.05, 0) is 19.1 Å². The van der Waals surface area contributed by atoms with Crippen molar-refractivity contribution in [3.8, 4) is 0 Å². The van der Waals surface area contributed by atoms with E-state index in [0.29, 0.717) is 6.07 Å². The van der Waals surface area contributed by atoms with Crippen LogP contribution in [0, 0.1) is 5.82 Å².